The number of aliphatic imine (C=N–C) groups is 1. The quantitative estimate of drug-likeness (QED) is 0.628. The monoisotopic (exact) mass is 382 g/mol. The van der Waals surface area contributed by atoms with Crippen LogP contribution in [0.15, 0.2) is 29.3 Å². The van der Waals surface area contributed by atoms with Gasteiger partial charge in [-0.25, -0.2) is 4.99 Å². The van der Waals surface area contributed by atoms with E-state index >= 15 is 0 Å². The lowest BCUT2D eigenvalue weighted by atomic mass is 9.90. The van der Waals surface area contributed by atoms with Crippen molar-refractivity contribution in [3.05, 3.63) is 41.5 Å². The Labute approximate surface area is 166 Å². The molecule has 7 nitrogen and oxygen atoms in total. The first-order chi connectivity index (χ1) is 13.6. The molecule has 150 valence electrons. The van der Waals surface area contributed by atoms with Gasteiger partial charge in [0.25, 0.3) is 0 Å². The molecular formula is C21H30N6O. The zero-order valence-corrected chi connectivity index (χ0v) is 17.0. The van der Waals surface area contributed by atoms with Gasteiger partial charge in [-0.2, -0.15) is 0 Å². The number of rotatable bonds is 4. The molecule has 1 aromatic heterocycles. The second kappa shape index (κ2) is 7.81. The van der Waals surface area contributed by atoms with Crippen molar-refractivity contribution in [1.82, 2.24) is 25.4 Å². The first-order valence-electron chi connectivity index (χ1n) is 10.3. The summed E-state index contributed by atoms with van der Waals surface area (Å²) in [6, 6.07) is 8.38. The molecule has 0 saturated heterocycles. The summed E-state index contributed by atoms with van der Waals surface area (Å²) >= 11 is 0. The Morgan fingerprint density at radius 2 is 2.14 bits per heavy atom. The minimum atomic E-state index is -0.227. The highest BCUT2D eigenvalue weighted by Crippen LogP contribution is 2.39. The van der Waals surface area contributed by atoms with E-state index in [2.05, 4.69) is 58.3 Å². The Balaban J connectivity index is 1.54. The molecule has 0 bridgehead atoms. The summed E-state index contributed by atoms with van der Waals surface area (Å²) in [5.74, 6) is 3.78. The molecule has 1 atom stereocenters. The van der Waals surface area contributed by atoms with Gasteiger partial charge in [0.2, 0.25) is 0 Å². The van der Waals surface area contributed by atoms with E-state index in [9.17, 15) is 0 Å². The highest BCUT2D eigenvalue weighted by atomic mass is 16.5. The standard InChI is InChI=1S/C21H30N6O/c1-4-22-20(23-14-19-26-25-18-11-7-8-12-27(18)19)24-16-13-21(2,3)28-17-10-6-5-9-15(16)17/h5-6,9-10,16H,4,7-8,11-14H2,1-3H3,(H2,22,23,24). The molecule has 28 heavy (non-hydrogen) atoms. The predicted octanol–water partition coefficient (Wildman–Crippen LogP) is 2.97. The van der Waals surface area contributed by atoms with E-state index in [1.165, 1.54) is 18.4 Å². The SMILES string of the molecule is CCNC(=NCc1nnc2n1CCCC2)NC1CC(C)(C)Oc2ccccc21. The molecule has 1 unspecified atom stereocenters. The number of benzene rings is 1. The molecule has 2 aromatic rings. The molecule has 7 heteroatoms. The fraction of sp³-hybridized carbons (Fsp3) is 0.571. The number of aryl methyl sites for hydroxylation is 1. The molecule has 2 N–H and O–H groups in total. The molecule has 0 spiro atoms. The van der Waals surface area contributed by atoms with Crippen molar-refractivity contribution in [3.63, 3.8) is 0 Å². The van der Waals surface area contributed by atoms with Gasteiger partial charge in [0.15, 0.2) is 11.8 Å². The average Bonchev–Trinajstić information content (AvgIpc) is 3.08. The van der Waals surface area contributed by atoms with E-state index in [0.717, 1.165) is 49.3 Å². The number of fused-ring (bicyclic) bond motifs is 2. The number of nitrogens with one attached hydrogen (secondary N) is 2. The number of ether oxygens (including phenoxy) is 1. The predicted molar refractivity (Wildman–Crippen MR) is 109 cm³/mol. The molecule has 2 aliphatic heterocycles. The third kappa shape index (κ3) is 3.98. The molecule has 0 amide bonds. The third-order valence-electron chi connectivity index (χ3n) is 5.35. The topological polar surface area (TPSA) is 76.4 Å². The molecule has 4 rings (SSSR count). The van der Waals surface area contributed by atoms with Crippen LogP contribution >= 0.6 is 0 Å². The lowest BCUT2D eigenvalue weighted by Gasteiger charge is -2.38. The smallest absolute Gasteiger partial charge is 0.192 e. The molecule has 3 heterocycles. The summed E-state index contributed by atoms with van der Waals surface area (Å²) < 4.78 is 8.38. The van der Waals surface area contributed by atoms with Crippen LogP contribution in [0.4, 0.5) is 0 Å². The fourth-order valence-corrected chi connectivity index (χ4v) is 4.05. The third-order valence-corrected chi connectivity index (χ3v) is 5.35. The van der Waals surface area contributed by atoms with Crippen LogP contribution in [-0.2, 0) is 19.5 Å². The van der Waals surface area contributed by atoms with Crippen LogP contribution in [0.1, 0.15) is 63.3 Å². The normalized spacial score (nSPS) is 20.7. The Morgan fingerprint density at radius 3 is 3.00 bits per heavy atom. The molecule has 0 radical (unpaired) electrons. The van der Waals surface area contributed by atoms with E-state index in [-0.39, 0.29) is 11.6 Å². The van der Waals surface area contributed by atoms with Crippen molar-refractivity contribution in [3.8, 4) is 5.75 Å². The molecule has 1 aromatic carbocycles. The second-order valence-corrected chi connectivity index (χ2v) is 8.14. The molecule has 0 aliphatic carbocycles. The maximum atomic E-state index is 6.15. The van der Waals surface area contributed by atoms with Crippen LogP contribution < -0.4 is 15.4 Å². The summed E-state index contributed by atoms with van der Waals surface area (Å²) in [6.07, 6.45) is 4.27. The maximum absolute atomic E-state index is 6.15. The highest BCUT2D eigenvalue weighted by molar-refractivity contribution is 5.80. The van der Waals surface area contributed by atoms with Gasteiger partial charge >= 0.3 is 0 Å². The Kier molecular flexibility index (Phi) is 5.24. The van der Waals surface area contributed by atoms with Crippen molar-refractivity contribution in [1.29, 1.82) is 0 Å². The maximum Gasteiger partial charge on any atom is 0.192 e. The Morgan fingerprint density at radius 1 is 1.29 bits per heavy atom. The van der Waals surface area contributed by atoms with Gasteiger partial charge < -0.3 is 19.9 Å². The van der Waals surface area contributed by atoms with Crippen LogP contribution in [0.3, 0.4) is 0 Å². The fourth-order valence-electron chi connectivity index (χ4n) is 4.05. The molecule has 0 fully saturated rings. The van der Waals surface area contributed by atoms with Gasteiger partial charge in [-0.3, -0.25) is 0 Å². The Hall–Kier alpha value is -2.57. The lowest BCUT2D eigenvalue weighted by molar-refractivity contribution is 0.0694. The van der Waals surface area contributed by atoms with Gasteiger partial charge in [0.1, 0.15) is 23.7 Å². The van der Waals surface area contributed by atoms with E-state index in [4.69, 9.17) is 9.73 Å². The van der Waals surface area contributed by atoms with E-state index in [0.29, 0.717) is 6.54 Å². The average molecular weight is 383 g/mol. The van der Waals surface area contributed by atoms with Crippen LogP contribution in [0.5, 0.6) is 5.75 Å². The summed E-state index contributed by atoms with van der Waals surface area (Å²) in [6.45, 7) is 8.67. The van der Waals surface area contributed by atoms with E-state index < -0.39 is 0 Å². The number of hydrogen-bond acceptors (Lipinski definition) is 4. The number of aromatic nitrogens is 3. The largest absolute Gasteiger partial charge is 0.487 e. The van der Waals surface area contributed by atoms with Crippen LogP contribution in [0, 0.1) is 0 Å². The van der Waals surface area contributed by atoms with Crippen molar-refractivity contribution in [2.45, 2.75) is 71.2 Å². The van der Waals surface area contributed by atoms with Crippen molar-refractivity contribution in [2.75, 3.05) is 6.54 Å². The summed E-state index contributed by atoms with van der Waals surface area (Å²) in [5, 5.41) is 15.7. The molecule has 2 aliphatic rings. The van der Waals surface area contributed by atoms with Gasteiger partial charge in [0, 0.05) is 31.5 Å². The van der Waals surface area contributed by atoms with Gasteiger partial charge in [-0.15, -0.1) is 10.2 Å². The first kappa shape index (κ1) is 18.8. The van der Waals surface area contributed by atoms with Crippen LogP contribution in [-0.4, -0.2) is 32.9 Å². The van der Waals surface area contributed by atoms with Crippen LogP contribution in [0.2, 0.25) is 0 Å². The van der Waals surface area contributed by atoms with Gasteiger partial charge in [0.05, 0.1) is 6.04 Å². The van der Waals surface area contributed by atoms with Crippen molar-refractivity contribution in [2.24, 2.45) is 4.99 Å². The van der Waals surface area contributed by atoms with Crippen molar-refractivity contribution < 1.29 is 4.74 Å². The molecule has 0 saturated carbocycles. The molecular weight excluding hydrogens is 352 g/mol. The number of nitrogens with zero attached hydrogens (tertiary/aromatic N) is 4. The van der Waals surface area contributed by atoms with E-state index in [1.54, 1.807) is 0 Å². The Bertz CT molecular complexity index is 856. The lowest BCUT2D eigenvalue weighted by Crippen LogP contribution is -2.45. The van der Waals surface area contributed by atoms with E-state index in [1.807, 2.05) is 12.1 Å². The summed E-state index contributed by atoms with van der Waals surface area (Å²) in [5.41, 5.74) is 0.947. The van der Waals surface area contributed by atoms with Gasteiger partial charge in [-0.05, 0) is 39.7 Å². The second-order valence-electron chi connectivity index (χ2n) is 8.14. The van der Waals surface area contributed by atoms with Crippen LogP contribution in [0.25, 0.3) is 0 Å². The first-order valence-corrected chi connectivity index (χ1v) is 10.3. The summed E-state index contributed by atoms with van der Waals surface area (Å²) in [7, 11) is 0. The highest BCUT2D eigenvalue weighted by Gasteiger charge is 2.34. The minimum Gasteiger partial charge on any atom is -0.487 e. The summed E-state index contributed by atoms with van der Waals surface area (Å²) in [4.78, 5) is 4.81. The number of para-hydroxylation sites is 1. The minimum absolute atomic E-state index is 0.144. The van der Waals surface area contributed by atoms with Crippen molar-refractivity contribution >= 4 is 5.96 Å². The zero-order valence-electron chi connectivity index (χ0n) is 17.0. The number of guanidine groups is 1. The van der Waals surface area contributed by atoms with Gasteiger partial charge in [-0.1, -0.05) is 18.2 Å². The zero-order chi connectivity index (χ0) is 19.6. The number of hydrogen-bond donors (Lipinski definition) is 2.